The number of hydrogen-bond donors (Lipinski definition) is 1. The lowest BCUT2D eigenvalue weighted by molar-refractivity contribution is -0.168. The van der Waals surface area contributed by atoms with Crippen LogP contribution in [-0.4, -0.2) is 46.8 Å². The average Bonchev–Trinajstić information content (AvgIpc) is 2.89. The summed E-state index contributed by atoms with van der Waals surface area (Å²) in [6.07, 6.45) is 0. The number of alkyl halides is 2. The fraction of sp³-hybridized carbons (Fsp3) is 0.467. The van der Waals surface area contributed by atoms with Gasteiger partial charge in [0.25, 0.3) is 0 Å². The van der Waals surface area contributed by atoms with E-state index in [2.05, 4.69) is 10.1 Å². The van der Waals surface area contributed by atoms with Gasteiger partial charge in [-0.3, -0.25) is 4.57 Å². The van der Waals surface area contributed by atoms with Gasteiger partial charge in [-0.2, -0.15) is 8.78 Å². The van der Waals surface area contributed by atoms with E-state index in [9.17, 15) is 13.9 Å². The van der Waals surface area contributed by atoms with Crippen molar-refractivity contribution < 1.29 is 23.5 Å². The zero-order chi connectivity index (χ0) is 16.4. The molecule has 1 N–H and O–H groups in total. The molecule has 0 spiro atoms. The number of aromatic nitrogens is 2. The predicted molar refractivity (Wildman–Crippen MR) is 79.5 cm³/mol. The third-order valence-corrected chi connectivity index (χ3v) is 3.84. The lowest BCUT2D eigenvalue weighted by Gasteiger charge is -2.38. The van der Waals surface area contributed by atoms with E-state index in [0.717, 1.165) is 4.57 Å². The zero-order valence-corrected chi connectivity index (χ0v) is 12.6. The van der Waals surface area contributed by atoms with E-state index in [1.807, 2.05) is 0 Å². The number of aliphatic hydroxyl groups excluding tert-OH is 1. The third kappa shape index (κ3) is 2.91. The molecule has 2 heterocycles. The molecule has 1 aliphatic rings. The third-order valence-electron chi connectivity index (χ3n) is 3.84. The van der Waals surface area contributed by atoms with Crippen LogP contribution in [0, 0.1) is 5.41 Å². The van der Waals surface area contributed by atoms with Crippen molar-refractivity contribution in [3.63, 3.8) is 0 Å². The summed E-state index contributed by atoms with van der Waals surface area (Å²) in [4.78, 5) is 9.43. The SMILES string of the molecule is C/C(=N/OCC1(CO)COC1)c1nc2ccccc2n1C(F)F. The topological polar surface area (TPSA) is 68.9 Å². The standard InChI is InChI=1S/C15H17F2N3O3/c1-10(19-23-9-15(6-21)7-22-8-15)13-18-11-4-2-3-5-12(11)20(13)14(16)17/h2-5,14,21H,6-9H2,1H3/b19-10-. The minimum absolute atomic E-state index is 0.0594. The average molecular weight is 325 g/mol. The first-order chi connectivity index (χ1) is 11.1. The number of fused-ring (bicyclic) bond motifs is 1. The van der Waals surface area contributed by atoms with Crippen LogP contribution in [0.2, 0.25) is 0 Å². The minimum atomic E-state index is -2.73. The van der Waals surface area contributed by atoms with Crippen LogP contribution in [0.25, 0.3) is 11.0 Å². The molecule has 1 saturated heterocycles. The van der Waals surface area contributed by atoms with E-state index in [0.29, 0.717) is 24.2 Å². The Morgan fingerprint density at radius 1 is 1.48 bits per heavy atom. The van der Waals surface area contributed by atoms with E-state index < -0.39 is 12.0 Å². The van der Waals surface area contributed by atoms with Gasteiger partial charge >= 0.3 is 6.55 Å². The normalized spacial score (nSPS) is 17.5. The number of benzene rings is 1. The molecule has 0 atom stereocenters. The van der Waals surface area contributed by atoms with Gasteiger partial charge in [-0.1, -0.05) is 17.3 Å². The molecule has 8 heteroatoms. The molecule has 1 aromatic carbocycles. The van der Waals surface area contributed by atoms with Crippen LogP contribution in [0.1, 0.15) is 19.3 Å². The summed E-state index contributed by atoms with van der Waals surface area (Å²) in [5, 5.41) is 13.2. The van der Waals surface area contributed by atoms with Gasteiger partial charge < -0.3 is 14.7 Å². The number of hydrogen-bond acceptors (Lipinski definition) is 5. The van der Waals surface area contributed by atoms with E-state index in [1.165, 1.54) is 0 Å². The summed E-state index contributed by atoms with van der Waals surface area (Å²) < 4.78 is 32.6. The highest BCUT2D eigenvalue weighted by Crippen LogP contribution is 2.27. The number of aliphatic hydroxyl groups is 1. The number of ether oxygens (including phenoxy) is 1. The maximum atomic E-state index is 13.4. The second kappa shape index (κ2) is 6.21. The van der Waals surface area contributed by atoms with Crippen molar-refractivity contribution in [3.05, 3.63) is 30.1 Å². The fourth-order valence-electron chi connectivity index (χ4n) is 2.42. The number of nitrogens with zero attached hydrogens (tertiary/aromatic N) is 3. The van der Waals surface area contributed by atoms with Crippen LogP contribution in [-0.2, 0) is 9.57 Å². The Kier molecular flexibility index (Phi) is 4.27. The maximum Gasteiger partial charge on any atom is 0.320 e. The summed E-state index contributed by atoms with van der Waals surface area (Å²) in [7, 11) is 0. The molecule has 124 valence electrons. The van der Waals surface area contributed by atoms with E-state index in [-0.39, 0.29) is 24.7 Å². The van der Waals surface area contributed by atoms with Crippen LogP contribution in [0.4, 0.5) is 8.78 Å². The highest BCUT2D eigenvalue weighted by Gasteiger charge is 2.39. The van der Waals surface area contributed by atoms with Crippen molar-refractivity contribution in [1.82, 2.24) is 9.55 Å². The molecule has 0 radical (unpaired) electrons. The van der Waals surface area contributed by atoms with Crippen LogP contribution in [0.15, 0.2) is 29.4 Å². The first-order valence-corrected chi connectivity index (χ1v) is 7.17. The Morgan fingerprint density at radius 2 is 2.22 bits per heavy atom. The number of para-hydroxylation sites is 2. The van der Waals surface area contributed by atoms with E-state index >= 15 is 0 Å². The van der Waals surface area contributed by atoms with Crippen LogP contribution >= 0.6 is 0 Å². The molecule has 23 heavy (non-hydrogen) atoms. The van der Waals surface area contributed by atoms with Crippen molar-refractivity contribution in [3.8, 4) is 0 Å². The first kappa shape index (κ1) is 15.8. The molecule has 0 saturated carbocycles. The molecule has 1 aliphatic heterocycles. The Labute approximate surface area is 131 Å². The number of oxime groups is 1. The van der Waals surface area contributed by atoms with Crippen LogP contribution < -0.4 is 0 Å². The highest BCUT2D eigenvalue weighted by atomic mass is 19.3. The summed E-state index contributed by atoms with van der Waals surface area (Å²) >= 11 is 0. The fourth-order valence-corrected chi connectivity index (χ4v) is 2.42. The lowest BCUT2D eigenvalue weighted by Crippen LogP contribution is -2.48. The number of halogens is 2. The molecule has 1 fully saturated rings. The van der Waals surface area contributed by atoms with Gasteiger partial charge in [0.1, 0.15) is 12.3 Å². The van der Waals surface area contributed by atoms with Crippen molar-refractivity contribution in [2.45, 2.75) is 13.5 Å². The molecule has 3 rings (SSSR count). The van der Waals surface area contributed by atoms with Gasteiger partial charge in [0.2, 0.25) is 0 Å². The van der Waals surface area contributed by atoms with Gasteiger partial charge in [0.05, 0.1) is 36.3 Å². The van der Waals surface area contributed by atoms with E-state index in [1.54, 1.807) is 31.2 Å². The first-order valence-electron chi connectivity index (χ1n) is 7.17. The van der Waals surface area contributed by atoms with Crippen molar-refractivity contribution in [2.75, 3.05) is 26.4 Å². The Bertz CT molecular complexity index is 720. The molecule has 1 aromatic heterocycles. The van der Waals surface area contributed by atoms with E-state index in [4.69, 9.17) is 9.57 Å². The van der Waals surface area contributed by atoms with Crippen LogP contribution in [0.5, 0.6) is 0 Å². The van der Waals surface area contributed by atoms with Crippen molar-refractivity contribution in [2.24, 2.45) is 10.6 Å². The summed E-state index contributed by atoms with van der Waals surface area (Å²) in [6.45, 7) is -0.289. The molecular formula is C15H17F2N3O3. The Morgan fingerprint density at radius 3 is 2.83 bits per heavy atom. The summed E-state index contributed by atoms with van der Waals surface area (Å²) in [5.41, 5.74) is 0.602. The van der Waals surface area contributed by atoms with Gasteiger partial charge in [0.15, 0.2) is 5.82 Å². The van der Waals surface area contributed by atoms with Gasteiger partial charge in [0, 0.05) is 0 Å². The molecular weight excluding hydrogens is 308 g/mol. The molecule has 6 nitrogen and oxygen atoms in total. The van der Waals surface area contributed by atoms with Gasteiger partial charge in [-0.05, 0) is 19.1 Å². The molecule has 2 aromatic rings. The second-order valence-electron chi connectivity index (χ2n) is 5.67. The number of imidazole rings is 1. The smallest absolute Gasteiger partial charge is 0.320 e. The summed E-state index contributed by atoms with van der Waals surface area (Å²) in [6, 6.07) is 6.66. The maximum absolute atomic E-state index is 13.4. The van der Waals surface area contributed by atoms with Crippen molar-refractivity contribution >= 4 is 16.7 Å². The highest BCUT2D eigenvalue weighted by molar-refractivity contribution is 5.98. The number of rotatable bonds is 6. The molecule has 0 unspecified atom stereocenters. The molecule has 0 aliphatic carbocycles. The quantitative estimate of drug-likeness (QED) is 0.653. The Hall–Kier alpha value is -2.06. The Balaban J connectivity index is 1.84. The van der Waals surface area contributed by atoms with Crippen LogP contribution in [0.3, 0.4) is 0 Å². The predicted octanol–water partition coefficient (Wildman–Crippen LogP) is 2.18. The largest absolute Gasteiger partial charge is 0.395 e. The van der Waals surface area contributed by atoms with Crippen molar-refractivity contribution in [1.29, 1.82) is 0 Å². The monoisotopic (exact) mass is 325 g/mol. The molecule has 0 amide bonds. The molecule has 0 bridgehead atoms. The minimum Gasteiger partial charge on any atom is -0.395 e. The summed E-state index contributed by atoms with van der Waals surface area (Å²) in [5.74, 6) is 0.0594. The van der Waals surface area contributed by atoms with Gasteiger partial charge in [-0.25, -0.2) is 4.98 Å². The second-order valence-corrected chi connectivity index (χ2v) is 5.67. The lowest BCUT2D eigenvalue weighted by atomic mass is 9.88. The van der Waals surface area contributed by atoms with Gasteiger partial charge in [-0.15, -0.1) is 0 Å². The zero-order valence-electron chi connectivity index (χ0n) is 12.6.